The van der Waals surface area contributed by atoms with Crippen molar-refractivity contribution >= 4 is 11.8 Å². The van der Waals surface area contributed by atoms with Crippen LogP contribution in [0.25, 0.3) is 16.9 Å². The van der Waals surface area contributed by atoms with E-state index in [2.05, 4.69) is 44.6 Å². The van der Waals surface area contributed by atoms with Crippen molar-refractivity contribution in [2.24, 2.45) is 12.2 Å². The van der Waals surface area contributed by atoms with Crippen molar-refractivity contribution in [3.8, 4) is 16.9 Å². The summed E-state index contributed by atoms with van der Waals surface area (Å²) < 4.78 is 1.91. The molecule has 152 valence electrons. The zero-order valence-corrected chi connectivity index (χ0v) is 17.7. The lowest BCUT2D eigenvalue weighted by molar-refractivity contribution is 0.751. The zero-order chi connectivity index (χ0) is 21.1. The van der Waals surface area contributed by atoms with Crippen molar-refractivity contribution in [1.29, 1.82) is 0 Å². The Hall–Kier alpha value is -3.33. The van der Waals surface area contributed by atoms with Crippen LogP contribution in [0.15, 0.2) is 71.4 Å². The van der Waals surface area contributed by atoms with Gasteiger partial charge in [-0.25, -0.2) is 0 Å². The van der Waals surface area contributed by atoms with E-state index in [1.165, 1.54) is 0 Å². The number of aromatic nitrogens is 6. The number of aryl methyl sites for hydroxylation is 1. The molecule has 0 aliphatic rings. The minimum Gasteiger partial charge on any atom is -0.312 e. The van der Waals surface area contributed by atoms with Crippen molar-refractivity contribution < 1.29 is 0 Å². The Morgan fingerprint density at radius 2 is 1.87 bits per heavy atom. The zero-order valence-electron chi connectivity index (χ0n) is 16.9. The Balaban J connectivity index is 1.54. The van der Waals surface area contributed by atoms with Crippen LogP contribution in [-0.4, -0.2) is 29.8 Å². The lowest BCUT2D eigenvalue weighted by Crippen LogP contribution is -2.01. The van der Waals surface area contributed by atoms with Crippen molar-refractivity contribution in [3.63, 3.8) is 0 Å². The predicted octanol–water partition coefficient (Wildman–Crippen LogP) is 4.74. The van der Waals surface area contributed by atoms with Crippen molar-refractivity contribution in [2.75, 3.05) is 0 Å². The van der Waals surface area contributed by atoms with Gasteiger partial charge in [0.15, 0.2) is 5.16 Å². The average molecular weight is 420 g/mol. The molecule has 2 aromatic carbocycles. The molecule has 0 amide bonds. The van der Waals surface area contributed by atoms with Crippen molar-refractivity contribution in [3.05, 3.63) is 77.1 Å². The van der Waals surface area contributed by atoms with Gasteiger partial charge in [-0.1, -0.05) is 53.3 Å². The average Bonchev–Trinajstić information content (AvgIpc) is 3.43. The van der Waals surface area contributed by atoms with E-state index >= 15 is 0 Å². The van der Waals surface area contributed by atoms with Gasteiger partial charge in [-0.2, -0.15) is 14.8 Å². The first kappa shape index (κ1) is 20.0. The number of rotatable bonds is 7. The molecule has 4 rings (SSSR count). The van der Waals surface area contributed by atoms with Gasteiger partial charge in [-0.3, -0.25) is 0 Å². The first-order valence-corrected chi connectivity index (χ1v) is 10.4. The van der Waals surface area contributed by atoms with Crippen LogP contribution in [0.2, 0.25) is 0 Å². The number of hydrogen-bond acceptors (Lipinski definition) is 7. The molecule has 2 aromatic heterocycles. The topological polar surface area (TPSA) is 90.9 Å². The molecular formula is C21H21N7OS. The van der Waals surface area contributed by atoms with Crippen LogP contribution in [0.3, 0.4) is 0 Å². The molecule has 0 saturated heterocycles. The third-order valence-electron chi connectivity index (χ3n) is 4.86. The van der Waals surface area contributed by atoms with Gasteiger partial charge < -0.3 is 4.57 Å². The monoisotopic (exact) mass is 419 g/mol. The predicted molar refractivity (Wildman–Crippen MR) is 116 cm³/mol. The molecule has 0 spiro atoms. The van der Waals surface area contributed by atoms with Crippen LogP contribution in [0.4, 0.5) is 0 Å². The second kappa shape index (κ2) is 8.58. The maximum atomic E-state index is 10.7. The van der Waals surface area contributed by atoms with Gasteiger partial charge in [-0.05, 0) is 37.1 Å². The second-order valence-electron chi connectivity index (χ2n) is 7.00. The highest BCUT2D eigenvalue weighted by molar-refractivity contribution is 7.99. The van der Waals surface area contributed by atoms with Crippen LogP contribution in [0.5, 0.6) is 0 Å². The molecule has 0 aliphatic heterocycles. The maximum Gasteiger partial charge on any atom is 0.191 e. The summed E-state index contributed by atoms with van der Waals surface area (Å²) in [5.74, 6) is 0. The molecule has 2 heterocycles. The third-order valence-corrected chi connectivity index (χ3v) is 6.07. The Morgan fingerprint density at radius 1 is 1.07 bits per heavy atom. The molecule has 2 atom stereocenters. The molecule has 30 heavy (non-hydrogen) atoms. The summed E-state index contributed by atoms with van der Waals surface area (Å²) in [6, 6.07) is 15.4. The van der Waals surface area contributed by atoms with E-state index in [4.69, 9.17) is 0 Å². The maximum absolute atomic E-state index is 10.7. The van der Waals surface area contributed by atoms with E-state index in [9.17, 15) is 4.91 Å². The molecule has 0 aliphatic carbocycles. The first-order chi connectivity index (χ1) is 14.5. The molecule has 0 radical (unpaired) electrons. The summed E-state index contributed by atoms with van der Waals surface area (Å²) in [5.41, 5.74) is 4.62. The molecule has 0 saturated carbocycles. The normalized spacial score (nSPS) is 13.2. The van der Waals surface area contributed by atoms with Crippen LogP contribution >= 0.6 is 11.8 Å². The summed E-state index contributed by atoms with van der Waals surface area (Å²) in [7, 11) is 1.93. The van der Waals surface area contributed by atoms with E-state index in [0.717, 1.165) is 33.2 Å². The van der Waals surface area contributed by atoms with Gasteiger partial charge >= 0.3 is 0 Å². The summed E-state index contributed by atoms with van der Waals surface area (Å²) in [6.07, 6.45) is 3.43. The van der Waals surface area contributed by atoms with Gasteiger partial charge in [0.1, 0.15) is 18.1 Å². The van der Waals surface area contributed by atoms with E-state index in [1.807, 2.05) is 48.0 Å². The molecule has 1 unspecified atom stereocenters. The molecule has 4 aromatic rings. The Labute approximate surface area is 178 Å². The van der Waals surface area contributed by atoms with Gasteiger partial charge in [0.2, 0.25) is 0 Å². The highest BCUT2D eigenvalue weighted by Gasteiger charge is 2.13. The lowest BCUT2D eigenvalue weighted by Gasteiger charge is -2.12. The number of nitrogens with zero attached hydrogens (tertiary/aromatic N) is 7. The highest BCUT2D eigenvalue weighted by atomic mass is 32.2. The minimum absolute atomic E-state index is 0.198. The lowest BCUT2D eigenvalue weighted by atomic mass is 10.1. The quantitative estimate of drug-likeness (QED) is 0.317. The third kappa shape index (κ3) is 4.16. The van der Waals surface area contributed by atoms with Gasteiger partial charge in [-0.15, -0.1) is 15.3 Å². The number of thioether (sulfide) groups is 1. The fourth-order valence-corrected chi connectivity index (χ4v) is 3.93. The Morgan fingerprint density at radius 3 is 2.57 bits per heavy atom. The van der Waals surface area contributed by atoms with Gasteiger partial charge in [0, 0.05) is 17.9 Å². The van der Waals surface area contributed by atoms with Crippen LogP contribution in [0, 0.1) is 4.91 Å². The second-order valence-corrected chi connectivity index (χ2v) is 8.31. The van der Waals surface area contributed by atoms with Crippen LogP contribution < -0.4 is 0 Å². The number of hydrogen-bond donors (Lipinski definition) is 0. The van der Waals surface area contributed by atoms with Gasteiger partial charge in [0.25, 0.3) is 0 Å². The molecule has 0 bridgehead atoms. The van der Waals surface area contributed by atoms with Crippen LogP contribution in [-0.2, 0) is 7.05 Å². The van der Waals surface area contributed by atoms with E-state index in [-0.39, 0.29) is 11.3 Å². The first-order valence-electron chi connectivity index (χ1n) is 9.51. The Kier molecular flexibility index (Phi) is 5.71. The summed E-state index contributed by atoms with van der Waals surface area (Å²) in [6.45, 7) is 3.91. The van der Waals surface area contributed by atoms with E-state index in [0.29, 0.717) is 0 Å². The van der Waals surface area contributed by atoms with E-state index in [1.54, 1.807) is 36.0 Å². The van der Waals surface area contributed by atoms with E-state index < -0.39 is 0 Å². The largest absolute Gasteiger partial charge is 0.312 e. The smallest absolute Gasteiger partial charge is 0.191 e. The molecule has 8 nitrogen and oxygen atoms in total. The Bertz CT molecular complexity index is 1150. The summed E-state index contributed by atoms with van der Waals surface area (Å²) >= 11 is 1.65. The molecule has 9 heteroatoms. The van der Waals surface area contributed by atoms with Crippen LogP contribution in [0.1, 0.15) is 36.3 Å². The fourth-order valence-electron chi connectivity index (χ4n) is 3.02. The molecule has 0 N–H and O–H groups in total. The number of nitroso groups, excluding NO2 is 1. The molecule has 0 fully saturated rings. The fraction of sp³-hybridized carbons (Fsp3) is 0.238. The summed E-state index contributed by atoms with van der Waals surface area (Å²) in [4.78, 5) is 12.3. The highest BCUT2D eigenvalue weighted by Crippen LogP contribution is 2.33. The van der Waals surface area contributed by atoms with Crippen molar-refractivity contribution in [2.45, 2.75) is 30.3 Å². The SMILES string of the molecule is CC(N=O)c1ccc(-c2cnn(-c3cccc([C@H](C)Sc4nncn4C)c3)n2)cc1. The van der Waals surface area contributed by atoms with Crippen molar-refractivity contribution in [1.82, 2.24) is 29.8 Å². The van der Waals surface area contributed by atoms with Gasteiger partial charge in [0.05, 0.1) is 11.9 Å². The number of benzene rings is 2. The standard InChI is InChI=1S/C21H21N7OS/c1-14(26-29)16-7-9-17(10-8-16)20-12-23-28(25-20)19-6-4-5-18(11-19)15(2)30-21-24-22-13-27(21)3/h4-15H,1-3H3/t14?,15-/m0/s1. The summed E-state index contributed by atoms with van der Waals surface area (Å²) in [5, 5.41) is 21.3. The molecular weight excluding hydrogens is 398 g/mol. The minimum atomic E-state index is -0.362.